The molecule has 1 saturated heterocycles. The lowest BCUT2D eigenvalue weighted by molar-refractivity contribution is -0.134. The molecule has 1 heterocycles. The van der Waals surface area contributed by atoms with Crippen LogP contribution < -0.4 is 10.5 Å². The van der Waals surface area contributed by atoms with Gasteiger partial charge in [-0.15, -0.1) is 12.4 Å². The van der Waals surface area contributed by atoms with E-state index in [1.165, 1.54) is 0 Å². The van der Waals surface area contributed by atoms with Crippen molar-refractivity contribution in [2.75, 3.05) is 20.2 Å². The Labute approximate surface area is 133 Å². The van der Waals surface area contributed by atoms with E-state index in [0.717, 1.165) is 30.7 Å². The molecule has 1 amide bonds. The summed E-state index contributed by atoms with van der Waals surface area (Å²) in [5.74, 6) is 1.58. The molecule has 4 nitrogen and oxygen atoms in total. The number of hydrogen-bond donors (Lipinski definition) is 1. The largest absolute Gasteiger partial charge is 0.496 e. The summed E-state index contributed by atoms with van der Waals surface area (Å²) in [7, 11) is 1.63. The quantitative estimate of drug-likeness (QED) is 0.927. The summed E-state index contributed by atoms with van der Waals surface area (Å²) in [6.07, 6.45) is 2.46. The number of ether oxygens (including phenoxy) is 1. The smallest absolute Gasteiger partial charge is 0.227 e. The van der Waals surface area contributed by atoms with Gasteiger partial charge in [0.1, 0.15) is 5.75 Å². The van der Waals surface area contributed by atoms with Crippen LogP contribution >= 0.6 is 12.4 Å². The number of nitrogens with zero attached hydrogens (tertiary/aromatic N) is 1. The fourth-order valence-electron chi connectivity index (χ4n) is 2.92. The molecule has 5 heteroatoms. The number of carbonyl (C=O) groups is 1. The van der Waals surface area contributed by atoms with E-state index in [-0.39, 0.29) is 24.4 Å². The van der Waals surface area contributed by atoms with Crippen molar-refractivity contribution in [1.29, 1.82) is 0 Å². The minimum absolute atomic E-state index is 0. The summed E-state index contributed by atoms with van der Waals surface area (Å²) in [6.45, 7) is 3.59. The summed E-state index contributed by atoms with van der Waals surface area (Å²) >= 11 is 0. The van der Waals surface area contributed by atoms with Crippen LogP contribution in [0.2, 0.25) is 0 Å². The number of hydrogen-bond acceptors (Lipinski definition) is 3. The van der Waals surface area contributed by atoms with Gasteiger partial charge in [0, 0.05) is 24.7 Å². The zero-order chi connectivity index (χ0) is 14.5. The van der Waals surface area contributed by atoms with E-state index in [2.05, 4.69) is 6.92 Å². The number of nitrogens with two attached hydrogens (primary N) is 1. The molecular weight excluding hydrogens is 288 g/mol. The molecule has 0 spiro atoms. The number of amides is 1. The van der Waals surface area contributed by atoms with Gasteiger partial charge in [-0.2, -0.15) is 0 Å². The Morgan fingerprint density at radius 2 is 2.14 bits per heavy atom. The molecule has 21 heavy (non-hydrogen) atoms. The molecule has 1 aliphatic rings. The van der Waals surface area contributed by atoms with Crippen LogP contribution in [0.5, 0.6) is 5.75 Å². The summed E-state index contributed by atoms with van der Waals surface area (Å²) in [4.78, 5) is 14.5. The fourth-order valence-corrected chi connectivity index (χ4v) is 2.92. The third kappa shape index (κ3) is 4.35. The summed E-state index contributed by atoms with van der Waals surface area (Å²) in [5.41, 5.74) is 6.76. The number of piperidine rings is 1. The maximum absolute atomic E-state index is 12.5. The lowest BCUT2D eigenvalue weighted by Crippen LogP contribution is -2.49. The molecule has 2 unspecified atom stereocenters. The van der Waals surface area contributed by atoms with Crippen molar-refractivity contribution in [2.45, 2.75) is 32.2 Å². The molecule has 0 radical (unpaired) electrons. The predicted octanol–water partition coefficient (Wildman–Crippen LogP) is 2.25. The van der Waals surface area contributed by atoms with E-state index < -0.39 is 0 Å². The van der Waals surface area contributed by atoms with Crippen molar-refractivity contribution in [3.63, 3.8) is 0 Å². The lowest BCUT2D eigenvalue weighted by Gasteiger charge is -2.38. The predicted molar refractivity (Wildman–Crippen MR) is 86.9 cm³/mol. The van der Waals surface area contributed by atoms with E-state index in [1.54, 1.807) is 7.11 Å². The number of carbonyl (C=O) groups excluding carboxylic acids is 1. The molecule has 1 aromatic rings. The van der Waals surface area contributed by atoms with Gasteiger partial charge in [-0.1, -0.05) is 25.1 Å². The van der Waals surface area contributed by atoms with E-state index in [1.807, 2.05) is 29.2 Å². The van der Waals surface area contributed by atoms with Crippen LogP contribution in [-0.4, -0.2) is 37.0 Å². The molecule has 1 aliphatic heterocycles. The summed E-state index contributed by atoms with van der Waals surface area (Å²) in [6, 6.07) is 7.87. The molecule has 118 valence electrons. The Bertz CT molecular complexity index is 467. The Kier molecular flexibility index (Phi) is 6.99. The third-order valence-electron chi connectivity index (χ3n) is 4.10. The van der Waals surface area contributed by atoms with Gasteiger partial charge in [-0.05, 0) is 24.8 Å². The zero-order valence-electron chi connectivity index (χ0n) is 12.7. The van der Waals surface area contributed by atoms with Crippen molar-refractivity contribution < 1.29 is 9.53 Å². The topological polar surface area (TPSA) is 55.6 Å². The SMILES string of the molecule is COc1ccccc1CC(=O)N1CCC(C)CC1CN.Cl. The van der Waals surface area contributed by atoms with E-state index >= 15 is 0 Å². The molecule has 0 aliphatic carbocycles. The maximum atomic E-state index is 12.5. The number of para-hydroxylation sites is 1. The molecule has 0 aromatic heterocycles. The third-order valence-corrected chi connectivity index (χ3v) is 4.10. The van der Waals surface area contributed by atoms with E-state index in [9.17, 15) is 4.79 Å². The minimum atomic E-state index is 0. The highest BCUT2D eigenvalue weighted by atomic mass is 35.5. The monoisotopic (exact) mass is 312 g/mol. The number of likely N-dealkylation sites (tertiary alicyclic amines) is 1. The van der Waals surface area contributed by atoms with E-state index in [0.29, 0.717) is 18.9 Å². The highest BCUT2D eigenvalue weighted by Crippen LogP contribution is 2.24. The van der Waals surface area contributed by atoms with Crippen LogP contribution in [0.1, 0.15) is 25.3 Å². The van der Waals surface area contributed by atoms with Gasteiger partial charge in [0.25, 0.3) is 0 Å². The van der Waals surface area contributed by atoms with Crippen LogP contribution in [-0.2, 0) is 11.2 Å². The first-order valence-corrected chi connectivity index (χ1v) is 7.27. The van der Waals surface area contributed by atoms with Crippen LogP contribution in [0.25, 0.3) is 0 Å². The van der Waals surface area contributed by atoms with Crippen molar-refractivity contribution in [2.24, 2.45) is 11.7 Å². The molecule has 1 fully saturated rings. The zero-order valence-corrected chi connectivity index (χ0v) is 13.6. The summed E-state index contributed by atoms with van der Waals surface area (Å²) < 4.78 is 5.31. The normalized spacial score (nSPS) is 21.6. The van der Waals surface area contributed by atoms with E-state index in [4.69, 9.17) is 10.5 Å². The second-order valence-corrected chi connectivity index (χ2v) is 5.59. The Hall–Kier alpha value is -1.26. The first-order valence-electron chi connectivity index (χ1n) is 7.27. The first-order chi connectivity index (χ1) is 9.65. The highest BCUT2D eigenvalue weighted by Gasteiger charge is 2.29. The van der Waals surface area contributed by atoms with Gasteiger partial charge in [0.2, 0.25) is 5.91 Å². The van der Waals surface area contributed by atoms with Crippen molar-refractivity contribution in [1.82, 2.24) is 4.90 Å². The van der Waals surface area contributed by atoms with Crippen LogP contribution in [0.4, 0.5) is 0 Å². The van der Waals surface area contributed by atoms with Gasteiger partial charge in [-0.3, -0.25) is 4.79 Å². The Morgan fingerprint density at radius 3 is 2.81 bits per heavy atom. The van der Waals surface area contributed by atoms with Gasteiger partial charge in [0.05, 0.1) is 13.5 Å². The lowest BCUT2D eigenvalue weighted by atomic mass is 9.92. The van der Waals surface area contributed by atoms with Crippen LogP contribution in [0.15, 0.2) is 24.3 Å². The van der Waals surface area contributed by atoms with Crippen LogP contribution in [0.3, 0.4) is 0 Å². The molecule has 1 aromatic carbocycles. The molecular formula is C16H25ClN2O2. The Morgan fingerprint density at radius 1 is 1.43 bits per heavy atom. The van der Waals surface area contributed by atoms with Crippen LogP contribution in [0, 0.1) is 5.92 Å². The number of rotatable bonds is 4. The second kappa shape index (κ2) is 8.25. The number of benzene rings is 1. The summed E-state index contributed by atoms with van der Waals surface area (Å²) in [5, 5.41) is 0. The minimum Gasteiger partial charge on any atom is -0.496 e. The van der Waals surface area contributed by atoms with Crippen molar-refractivity contribution >= 4 is 18.3 Å². The molecule has 0 saturated carbocycles. The van der Waals surface area contributed by atoms with Crippen molar-refractivity contribution in [3.05, 3.63) is 29.8 Å². The fraction of sp³-hybridized carbons (Fsp3) is 0.562. The average Bonchev–Trinajstić information content (AvgIpc) is 2.47. The van der Waals surface area contributed by atoms with Crippen molar-refractivity contribution in [3.8, 4) is 5.75 Å². The highest BCUT2D eigenvalue weighted by molar-refractivity contribution is 5.85. The maximum Gasteiger partial charge on any atom is 0.227 e. The standard InChI is InChI=1S/C16H24N2O2.ClH/c1-12-7-8-18(14(9-12)11-17)16(19)10-13-5-3-4-6-15(13)20-2;/h3-6,12,14H,7-11,17H2,1-2H3;1H. The van der Waals surface area contributed by atoms with Gasteiger partial charge < -0.3 is 15.4 Å². The Balaban J connectivity index is 0.00000220. The number of halogens is 1. The van der Waals surface area contributed by atoms with Gasteiger partial charge in [0.15, 0.2) is 0 Å². The molecule has 2 atom stereocenters. The molecule has 2 N–H and O–H groups in total. The molecule has 2 rings (SSSR count). The van der Waals surface area contributed by atoms with Gasteiger partial charge >= 0.3 is 0 Å². The number of methoxy groups -OCH3 is 1. The first kappa shape index (κ1) is 17.8. The van der Waals surface area contributed by atoms with Gasteiger partial charge in [-0.25, -0.2) is 0 Å². The molecule has 0 bridgehead atoms. The average molecular weight is 313 g/mol. The second-order valence-electron chi connectivity index (χ2n) is 5.59.